The number of carbonyl (C=O) groups excluding carboxylic acids is 2. The topological polar surface area (TPSA) is 108 Å². The van der Waals surface area contributed by atoms with Crippen LogP contribution in [0.2, 0.25) is 0 Å². The number of hydrogen-bond donors (Lipinski definition) is 1. The highest BCUT2D eigenvalue weighted by Gasteiger charge is 2.25. The van der Waals surface area contributed by atoms with Crippen LogP contribution in [0.4, 0.5) is 0 Å². The molecule has 0 spiro atoms. The molecule has 0 radical (unpaired) electrons. The number of rotatable bonds is 52. The third kappa shape index (κ3) is 52.6. The average molecular weight is 984 g/mol. The number of hydrogen-bond acceptors (Lipinski definition) is 7. The maximum atomic E-state index is 12.9. The van der Waals surface area contributed by atoms with Gasteiger partial charge in [-0.15, -0.1) is 0 Å². The monoisotopic (exact) mass is 983 g/mol. The zero-order valence-electron chi connectivity index (χ0n) is 45.9. The van der Waals surface area contributed by atoms with E-state index in [0.717, 1.165) is 89.9 Å². The van der Waals surface area contributed by atoms with Gasteiger partial charge in [-0.05, 0) is 77.0 Å². The minimum absolute atomic E-state index is 0.184. The summed E-state index contributed by atoms with van der Waals surface area (Å²) in [4.78, 5) is 37.3. The Bertz CT molecular complexity index is 1380. The maximum absolute atomic E-state index is 12.9. The second-order valence-electron chi connectivity index (χ2n) is 20.2. The zero-order chi connectivity index (χ0) is 51.3. The maximum Gasteiger partial charge on any atom is 0.361 e. The number of nitrogens with zero attached hydrogens (tertiary/aromatic N) is 1. The molecule has 70 heavy (non-hydrogen) atoms. The fourth-order valence-electron chi connectivity index (χ4n) is 7.79. The highest BCUT2D eigenvalue weighted by atomic mass is 16.7. The normalized spacial score (nSPS) is 13.3. The van der Waals surface area contributed by atoms with E-state index in [9.17, 15) is 19.5 Å². The van der Waals surface area contributed by atoms with Gasteiger partial charge >= 0.3 is 17.9 Å². The molecule has 0 rings (SSSR count). The molecule has 0 aromatic rings. The first-order valence-electron chi connectivity index (χ1n) is 28.6. The van der Waals surface area contributed by atoms with Crippen molar-refractivity contribution in [3.63, 3.8) is 0 Å². The summed E-state index contributed by atoms with van der Waals surface area (Å²) in [6, 6.07) is 0. The van der Waals surface area contributed by atoms with Crippen molar-refractivity contribution < 1.29 is 42.9 Å². The smallest absolute Gasteiger partial charge is 0.361 e. The Labute approximate surface area is 430 Å². The van der Waals surface area contributed by atoms with E-state index in [1.165, 1.54) is 122 Å². The molecule has 9 heteroatoms. The van der Waals surface area contributed by atoms with Crippen LogP contribution in [0.1, 0.15) is 239 Å². The van der Waals surface area contributed by atoms with Crippen LogP contribution in [-0.2, 0) is 33.3 Å². The summed E-state index contributed by atoms with van der Waals surface area (Å²) in [7, 11) is 5.96. The standard InChI is InChI=1S/C61H107NO8/c1-6-8-10-12-14-16-18-20-22-23-24-25-26-27-28-29-30-31-32-33-34-35-36-37-38-40-42-44-46-48-50-52-59(64)70-57(56-69-61(60(65)66)67-54-53-62(3,4)5)55-68-58(63)51-49-47-45-43-41-39-21-19-17-15-13-11-9-7-2/h8,10,13-16,19-22,24-25,57,61H,6-7,9,11-12,17-18,23,26-56H2,1-5H3/p+1/b10-8-,15-13-,16-14-,21-19-,22-20-,25-24-. The van der Waals surface area contributed by atoms with Gasteiger partial charge in [-0.3, -0.25) is 9.59 Å². The molecule has 0 fully saturated rings. The lowest BCUT2D eigenvalue weighted by Crippen LogP contribution is -2.40. The number of allylic oxidation sites excluding steroid dienone is 12. The Morgan fingerprint density at radius 3 is 1.21 bits per heavy atom. The molecular weight excluding hydrogens is 875 g/mol. The number of likely N-dealkylation sites (N-methyl/N-ethyl adjacent to an activating group) is 1. The third-order valence-corrected chi connectivity index (χ3v) is 12.2. The first-order valence-corrected chi connectivity index (χ1v) is 28.6. The number of unbranched alkanes of at least 4 members (excludes halogenated alkanes) is 25. The number of carboxylic acid groups (broad SMARTS) is 1. The van der Waals surface area contributed by atoms with Crippen LogP contribution >= 0.6 is 0 Å². The predicted molar refractivity (Wildman–Crippen MR) is 295 cm³/mol. The van der Waals surface area contributed by atoms with Gasteiger partial charge in [0.05, 0.1) is 34.4 Å². The molecule has 1 N–H and O–H groups in total. The zero-order valence-corrected chi connectivity index (χ0v) is 45.9. The van der Waals surface area contributed by atoms with Crippen molar-refractivity contribution >= 4 is 17.9 Å². The van der Waals surface area contributed by atoms with Gasteiger partial charge in [-0.2, -0.15) is 0 Å². The molecule has 2 unspecified atom stereocenters. The fraction of sp³-hybridized carbons (Fsp3) is 0.754. The molecule has 0 aromatic heterocycles. The van der Waals surface area contributed by atoms with Crippen LogP contribution in [0, 0.1) is 0 Å². The molecule has 0 aliphatic carbocycles. The van der Waals surface area contributed by atoms with Gasteiger partial charge in [-0.1, -0.05) is 222 Å². The van der Waals surface area contributed by atoms with Gasteiger partial charge in [-0.25, -0.2) is 4.79 Å². The SMILES string of the molecule is CC/C=C\C/C=C\C/C=C\C/C=C\CCCCCCCCCCCCCCCCCCCCC(=O)OC(COC(=O)CCCCCCC/C=C\C/C=C\CCCC)COC(OCC[N+](C)(C)C)C(=O)O. The van der Waals surface area contributed by atoms with Crippen LogP contribution in [0.5, 0.6) is 0 Å². The Balaban J connectivity index is 4.14. The Hall–Kier alpha value is -3.27. The van der Waals surface area contributed by atoms with E-state index in [0.29, 0.717) is 11.0 Å². The molecule has 2 atom stereocenters. The minimum atomic E-state index is -1.51. The highest BCUT2D eigenvalue weighted by Crippen LogP contribution is 2.16. The van der Waals surface area contributed by atoms with Crippen molar-refractivity contribution in [2.24, 2.45) is 0 Å². The van der Waals surface area contributed by atoms with Gasteiger partial charge in [0.2, 0.25) is 0 Å². The van der Waals surface area contributed by atoms with Gasteiger partial charge in [0.15, 0.2) is 6.10 Å². The van der Waals surface area contributed by atoms with Crippen molar-refractivity contribution in [1.29, 1.82) is 0 Å². The number of quaternary nitrogens is 1. The van der Waals surface area contributed by atoms with Crippen molar-refractivity contribution in [2.45, 2.75) is 251 Å². The molecular formula is C61H108NO8+. The Kier molecular flexibility index (Phi) is 49.6. The lowest BCUT2D eigenvalue weighted by molar-refractivity contribution is -0.870. The summed E-state index contributed by atoms with van der Waals surface area (Å²) in [5.74, 6) is -2.02. The Morgan fingerprint density at radius 2 is 0.814 bits per heavy atom. The van der Waals surface area contributed by atoms with Crippen LogP contribution in [0.25, 0.3) is 0 Å². The summed E-state index contributed by atoms with van der Waals surface area (Å²) < 4.78 is 22.8. The first kappa shape index (κ1) is 66.7. The van der Waals surface area contributed by atoms with E-state index in [4.69, 9.17) is 18.9 Å². The second-order valence-corrected chi connectivity index (χ2v) is 20.2. The molecule has 0 saturated carbocycles. The largest absolute Gasteiger partial charge is 0.477 e. The van der Waals surface area contributed by atoms with E-state index in [-0.39, 0.29) is 38.6 Å². The van der Waals surface area contributed by atoms with Crippen molar-refractivity contribution in [3.05, 3.63) is 72.9 Å². The van der Waals surface area contributed by atoms with Gasteiger partial charge < -0.3 is 28.5 Å². The average Bonchev–Trinajstić information content (AvgIpc) is 3.33. The molecule has 0 saturated heterocycles. The molecule has 0 heterocycles. The molecule has 0 aliphatic rings. The van der Waals surface area contributed by atoms with Crippen molar-refractivity contribution in [2.75, 3.05) is 47.5 Å². The van der Waals surface area contributed by atoms with Crippen LogP contribution in [0.3, 0.4) is 0 Å². The number of carbonyl (C=O) groups is 3. The molecule has 0 amide bonds. The molecule has 0 aliphatic heterocycles. The highest BCUT2D eigenvalue weighted by molar-refractivity contribution is 5.71. The van der Waals surface area contributed by atoms with Gasteiger partial charge in [0.25, 0.3) is 6.29 Å². The molecule has 0 aromatic carbocycles. The van der Waals surface area contributed by atoms with Crippen molar-refractivity contribution in [3.8, 4) is 0 Å². The summed E-state index contributed by atoms with van der Waals surface area (Å²) in [5.41, 5.74) is 0. The summed E-state index contributed by atoms with van der Waals surface area (Å²) >= 11 is 0. The fourth-order valence-corrected chi connectivity index (χ4v) is 7.79. The lowest BCUT2D eigenvalue weighted by atomic mass is 10.0. The minimum Gasteiger partial charge on any atom is -0.477 e. The van der Waals surface area contributed by atoms with E-state index >= 15 is 0 Å². The van der Waals surface area contributed by atoms with Crippen LogP contribution in [-0.4, -0.2) is 87.4 Å². The van der Waals surface area contributed by atoms with E-state index in [2.05, 4.69) is 86.8 Å². The Morgan fingerprint density at radius 1 is 0.443 bits per heavy atom. The molecule has 404 valence electrons. The van der Waals surface area contributed by atoms with Crippen LogP contribution in [0.15, 0.2) is 72.9 Å². The quantitative estimate of drug-likeness (QED) is 0.0211. The van der Waals surface area contributed by atoms with Gasteiger partial charge in [0, 0.05) is 12.8 Å². The second kappa shape index (κ2) is 52.1. The lowest BCUT2D eigenvalue weighted by Gasteiger charge is -2.25. The first-order chi connectivity index (χ1) is 34.1. The van der Waals surface area contributed by atoms with Crippen molar-refractivity contribution in [1.82, 2.24) is 0 Å². The number of esters is 2. The molecule has 9 nitrogen and oxygen atoms in total. The summed E-state index contributed by atoms with van der Waals surface area (Å²) in [6.07, 6.45) is 64.2. The predicted octanol–water partition coefficient (Wildman–Crippen LogP) is 16.6. The van der Waals surface area contributed by atoms with E-state index < -0.39 is 24.3 Å². The van der Waals surface area contributed by atoms with E-state index in [1.807, 2.05) is 21.1 Å². The van der Waals surface area contributed by atoms with E-state index in [1.54, 1.807) is 0 Å². The number of aliphatic carboxylic acids is 1. The summed E-state index contributed by atoms with van der Waals surface area (Å²) in [6.45, 7) is 4.72. The number of ether oxygens (including phenoxy) is 4. The number of carboxylic acids is 1. The van der Waals surface area contributed by atoms with Crippen LogP contribution < -0.4 is 0 Å². The molecule has 0 bridgehead atoms. The van der Waals surface area contributed by atoms with Gasteiger partial charge in [0.1, 0.15) is 13.2 Å². The summed E-state index contributed by atoms with van der Waals surface area (Å²) in [5, 5.41) is 9.68. The third-order valence-electron chi connectivity index (χ3n) is 12.2.